The minimum absolute atomic E-state index is 0.664. The molecule has 0 unspecified atom stereocenters. The van der Waals surface area contributed by atoms with E-state index in [0.717, 1.165) is 5.75 Å². The topological polar surface area (TPSA) is 18.5 Å². The Bertz CT molecular complexity index is 197. The van der Waals surface area contributed by atoms with Crippen LogP contribution in [-0.4, -0.2) is 0 Å². The van der Waals surface area contributed by atoms with Gasteiger partial charge in [0.1, 0.15) is 0 Å². The second kappa shape index (κ2) is 1.65. The van der Waals surface area contributed by atoms with Gasteiger partial charge < -0.3 is 9.47 Å². The molecule has 0 bridgehead atoms. The molecule has 1 aromatic carbocycles. The number of para-hydroxylation sites is 1. The lowest BCUT2D eigenvalue weighted by atomic mass is 10.3. The lowest BCUT2D eigenvalue weighted by molar-refractivity contribution is 0.270. The Morgan fingerprint density at radius 2 is 2.33 bits per heavy atom. The molecule has 0 amide bonds. The summed E-state index contributed by atoms with van der Waals surface area (Å²) in [5.74, 6) is 1.40. The average molecular weight is 120 g/mol. The van der Waals surface area contributed by atoms with Crippen LogP contribution in [0.5, 0.6) is 11.5 Å². The molecule has 0 saturated heterocycles. The van der Waals surface area contributed by atoms with Crippen molar-refractivity contribution in [3.63, 3.8) is 0 Å². The predicted molar refractivity (Wildman–Crippen MR) is 30.8 cm³/mol. The van der Waals surface area contributed by atoms with Crippen molar-refractivity contribution in [1.29, 1.82) is 0 Å². The number of ether oxygens (including phenoxy) is 2. The molecule has 0 saturated carbocycles. The summed E-state index contributed by atoms with van der Waals surface area (Å²) < 4.78 is 9.82. The van der Waals surface area contributed by atoms with E-state index < -0.39 is 0 Å². The lowest BCUT2D eigenvalue weighted by Crippen LogP contribution is -1.83. The zero-order chi connectivity index (χ0) is 6.10. The SMILES string of the molecule is [c]1cccc2c1O[CH]O2. The van der Waals surface area contributed by atoms with Crippen LogP contribution in [0.2, 0.25) is 0 Å². The fraction of sp³-hybridized carbons (Fsp3) is 0. The summed E-state index contributed by atoms with van der Waals surface area (Å²) in [6.07, 6.45) is 0. The van der Waals surface area contributed by atoms with E-state index >= 15 is 0 Å². The van der Waals surface area contributed by atoms with E-state index in [0.29, 0.717) is 5.75 Å². The number of hydrogen-bond donors (Lipinski definition) is 0. The summed E-state index contributed by atoms with van der Waals surface area (Å²) in [5, 5.41) is 0. The summed E-state index contributed by atoms with van der Waals surface area (Å²) in [7, 11) is 0. The van der Waals surface area contributed by atoms with Gasteiger partial charge in [0.2, 0.25) is 0 Å². The quantitative estimate of drug-likeness (QED) is 0.515. The van der Waals surface area contributed by atoms with Crippen LogP contribution >= 0.6 is 0 Å². The Kier molecular flexibility index (Phi) is 0.859. The first-order valence-electron chi connectivity index (χ1n) is 2.62. The smallest absolute Gasteiger partial charge is 0.316 e. The Labute approximate surface area is 53.0 Å². The van der Waals surface area contributed by atoms with Crippen LogP contribution < -0.4 is 9.47 Å². The van der Waals surface area contributed by atoms with Crippen molar-refractivity contribution in [1.82, 2.24) is 0 Å². The normalized spacial score (nSPS) is 13.8. The standard InChI is InChI=1S/C7H4O2/c1-2-4-7-6(3-1)8-5-9-7/h1-3,5H. The van der Waals surface area contributed by atoms with Crippen molar-refractivity contribution in [2.45, 2.75) is 0 Å². The minimum atomic E-state index is 0.664. The molecule has 2 heteroatoms. The zero-order valence-electron chi connectivity index (χ0n) is 4.63. The Balaban J connectivity index is 2.54. The second-order valence-electron chi connectivity index (χ2n) is 1.70. The molecular formula is C7H4O2. The van der Waals surface area contributed by atoms with Crippen molar-refractivity contribution >= 4 is 0 Å². The Morgan fingerprint density at radius 1 is 1.33 bits per heavy atom. The molecule has 0 spiro atoms. The first-order chi connectivity index (χ1) is 4.47. The van der Waals surface area contributed by atoms with Crippen LogP contribution in [0.25, 0.3) is 0 Å². The van der Waals surface area contributed by atoms with Gasteiger partial charge in [-0.25, -0.2) is 0 Å². The van der Waals surface area contributed by atoms with Crippen molar-refractivity contribution in [3.05, 3.63) is 31.1 Å². The molecule has 1 aromatic rings. The van der Waals surface area contributed by atoms with E-state index in [2.05, 4.69) is 6.07 Å². The van der Waals surface area contributed by atoms with E-state index in [1.807, 2.05) is 12.1 Å². The minimum Gasteiger partial charge on any atom is -0.444 e. The van der Waals surface area contributed by atoms with E-state index in [4.69, 9.17) is 9.47 Å². The number of hydrogen-bond acceptors (Lipinski definition) is 2. The fourth-order valence-electron chi connectivity index (χ4n) is 0.715. The average Bonchev–Trinajstić information content (AvgIpc) is 2.33. The van der Waals surface area contributed by atoms with Gasteiger partial charge in [-0.05, 0) is 6.07 Å². The molecule has 0 fully saturated rings. The molecule has 2 rings (SSSR count). The van der Waals surface area contributed by atoms with Gasteiger partial charge in [0.25, 0.3) is 0 Å². The maximum atomic E-state index is 4.92. The van der Waals surface area contributed by atoms with E-state index in [1.54, 1.807) is 6.07 Å². The third-order valence-corrected chi connectivity index (χ3v) is 1.12. The number of fused-ring (bicyclic) bond motifs is 1. The maximum Gasteiger partial charge on any atom is 0.316 e. The summed E-state index contributed by atoms with van der Waals surface area (Å²) in [5.41, 5.74) is 0. The molecule has 1 aliphatic rings. The molecule has 0 atom stereocenters. The van der Waals surface area contributed by atoms with Crippen LogP contribution in [-0.2, 0) is 0 Å². The summed E-state index contributed by atoms with van der Waals surface area (Å²) >= 11 is 0. The van der Waals surface area contributed by atoms with Gasteiger partial charge >= 0.3 is 6.79 Å². The fourth-order valence-corrected chi connectivity index (χ4v) is 0.715. The number of rotatable bonds is 0. The lowest BCUT2D eigenvalue weighted by Gasteiger charge is -1.88. The molecule has 9 heavy (non-hydrogen) atoms. The molecular weight excluding hydrogens is 116 g/mol. The highest BCUT2D eigenvalue weighted by atomic mass is 16.7. The maximum absolute atomic E-state index is 4.92. The zero-order valence-corrected chi connectivity index (χ0v) is 4.63. The predicted octanol–water partition coefficient (Wildman–Crippen LogP) is 1.38. The Hall–Kier alpha value is -1.18. The van der Waals surface area contributed by atoms with Crippen molar-refractivity contribution < 1.29 is 9.47 Å². The van der Waals surface area contributed by atoms with Crippen LogP contribution in [0.15, 0.2) is 18.2 Å². The van der Waals surface area contributed by atoms with E-state index in [9.17, 15) is 0 Å². The molecule has 2 nitrogen and oxygen atoms in total. The van der Waals surface area contributed by atoms with Gasteiger partial charge in [0.15, 0.2) is 11.5 Å². The van der Waals surface area contributed by atoms with Crippen LogP contribution in [0.1, 0.15) is 0 Å². The van der Waals surface area contributed by atoms with Gasteiger partial charge in [-0.15, -0.1) is 0 Å². The molecule has 0 aliphatic carbocycles. The van der Waals surface area contributed by atoms with E-state index in [-0.39, 0.29) is 0 Å². The highest BCUT2D eigenvalue weighted by molar-refractivity contribution is 5.40. The molecule has 44 valence electrons. The highest BCUT2D eigenvalue weighted by Gasteiger charge is 2.11. The second-order valence-corrected chi connectivity index (χ2v) is 1.70. The first kappa shape index (κ1) is 4.68. The van der Waals surface area contributed by atoms with Gasteiger partial charge in [-0.2, -0.15) is 0 Å². The van der Waals surface area contributed by atoms with Gasteiger partial charge in [-0.1, -0.05) is 12.1 Å². The van der Waals surface area contributed by atoms with Gasteiger partial charge in [0.05, 0.1) is 0 Å². The Morgan fingerprint density at radius 3 is 3.22 bits per heavy atom. The van der Waals surface area contributed by atoms with Crippen molar-refractivity contribution in [3.8, 4) is 11.5 Å². The molecule has 0 aromatic heterocycles. The third kappa shape index (κ3) is 0.633. The third-order valence-electron chi connectivity index (χ3n) is 1.12. The number of benzene rings is 1. The van der Waals surface area contributed by atoms with Crippen molar-refractivity contribution in [2.75, 3.05) is 0 Å². The van der Waals surface area contributed by atoms with Crippen molar-refractivity contribution in [2.24, 2.45) is 0 Å². The van der Waals surface area contributed by atoms with Gasteiger partial charge in [-0.3, -0.25) is 0 Å². The molecule has 2 radical (unpaired) electrons. The van der Waals surface area contributed by atoms with Gasteiger partial charge in [0, 0.05) is 6.07 Å². The van der Waals surface area contributed by atoms with E-state index in [1.165, 1.54) is 6.79 Å². The monoisotopic (exact) mass is 120 g/mol. The largest absolute Gasteiger partial charge is 0.444 e. The highest BCUT2D eigenvalue weighted by Crippen LogP contribution is 2.31. The molecule has 1 aliphatic heterocycles. The van der Waals surface area contributed by atoms with Crippen LogP contribution in [0.3, 0.4) is 0 Å². The first-order valence-corrected chi connectivity index (χ1v) is 2.62. The molecule has 0 N–H and O–H groups in total. The van der Waals surface area contributed by atoms with Crippen LogP contribution in [0, 0.1) is 12.9 Å². The van der Waals surface area contributed by atoms with Crippen LogP contribution in [0.4, 0.5) is 0 Å². The summed E-state index contributed by atoms with van der Waals surface area (Å²) in [6, 6.07) is 8.33. The molecule has 1 heterocycles. The summed E-state index contributed by atoms with van der Waals surface area (Å²) in [6.45, 7) is 1.29. The summed E-state index contributed by atoms with van der Waals surface area (Å²) in [4.78, 5) is 0.